The van der Waals surface area contributed by atoms with Crippen LogP contribution in [0.3, 0.4) is 0 Å². The van der Waals surface area contributed by atoms with Crippen LogP contribution in [0.15, 0.2) is 34.7 Å². The van der Waals surface area contributed by atoms with Gasteiger partial charge in [0.15, 0.2) is 0 Å². The molecule has 0 amide bonds. The van der Waals surface area contributed by atoms with E-state index in [1.54, 1.807) is 0 Å². The van der Waals surface area contributed by atoms with E-state index in [0.717, 1.165) is 30.0 Å². The fourth-order valence-corrected chi connectivity index (χ4v) is 2.78. The highest BCUT2D eigenvalue weighted by molar-refractivity contribution is 5.36. The molecule has 0 N–H and O–H groups in total. The smallest absolute Gasteiger partial charge is 0.230 e. The zero-order chi connectivity index (χ0) is 17.1. The van der Waals surface area contributed by atoms with Crippen molar-refractivity contribution in [3.8, 4) is 5.69 Å². The van der Waals surface area contributed by atoms with Crippen LogP contribution in [-0.2, 0) is 19.5 Å². The molecule has 3 aromatic rings. The Morgan fingerprint density at radius 3 is 2.42 bits per heavy atom. The first kappa shape index (κ1) is 16.4. The zero-order valence-electron chi connectivity index (χ0n) is 14.7. The van der Waals surface area contributed by atoms with Crippen molar-refractivity contribution in [1.29, 1.82) is 0 Å². The van der Waals surface area contributed by atoms with Crippen LogP contribution in [0.5, 0.6) is 0 Å². The molecule has 0 aliphatic heterocycles. The second-order valence-electron chi connectivity index (χ2n) is 6.01. The molecule has 0 aliphatic rings. The largest absolute Gasteiger partial charge is 0.424 e. The Labute approximate surface area is 142 Å². The van der Waals surface area contributed by atoms with Gasteiger partial charge in [0.25, 0.3) is 0 Å². The van der Waals surface area contributed by atoms with Crippen molar-refractivity contribution in [3.63, 3.8) is 0 Å². The minimum atomic E-state index is 0.627. The Kier molecular flexibility index (Phi) is 4.76. The van der Waals surface area contributed by atoms with Crippen molar-refractivity contribution >= 4 is 0 Å². The van der Waals surface area contributed by atoms with E-state index < -0.39 is 0 Å². The molecule has 3 rings (SSSR count). The summed E-state index contributed by atoms with van der Waals surface area (Å²) in [5.41, 5.74) is 4.52. The number of aryl methyl sites for hydroxylation is 2. The van der Waals surface area contributed by atoms with Gasteiger partial charge in [-0.25, -0.2) is 4.68 Å². The predicted molar refractivity (Wildman–Crippen MR) is 91.9 cm³/mol. The molecule has 2 aromatic heterocycles. The lowest BCUT2D eigenvalue weighted by Crippen LogP contribution is -2.18. The standard InChI is InChI=1S/C18H23N5O/c1-5-17-19-20-18(24-17)12-22(4)11-16-13(2)21-23(14(16)3)15-9-7-6-8-10-15/h6-10H,5,11-12H2,1-4H3. The number of benzene rings is 1. The van der Waals surface area contributed by atoms with Crippen LogP contribution in [0.4, 0.5) is 0 Å². The molecule has 0 spiro atoms. The molecule has 0 fully saturated rings. The molecule has 1 aromatic carbocycles. The third-order valence-corrected chi connectivity index (χ3v) is 4.09. The van der Waals surface area contributed by atoms with Gasteiger partial charge in [-0.2, -0.15) is 5.10 Å². The van der Waals surface area contributed by atoms with Crippen molar-refractivity contribution in [1.82, 2.24) is 24.9 Å². The quantitative estimate of drug-likeness (QED) is 0.697. The van der Waals surface area contributed by atoms with Gasteiger partial charge in [0.05, 0.1) is 17.9 Å². The molecule has 0 saturated heterocycles. The van der Waals surface area contributed by atoms with Crippen molar-refractivity contribution < 1.29 is 4.42 Å². The first-order valence-electron chi connectivity index (χ1n) is 8.18. The molecule has 0 unspecified atom stereocenters. The topological polar surface area (TPSA) is 60.0 Å². The molecule has 0 atom stereocenters. The molecule has 0 radical (unpaired) electrons. The molecule has 0 aliphatic carbocycles. The van der Waals surface area contributed by atoms with Crippen LogP contribution < -0.4 is 0 Å². The van der Waals surface area contributed by atoms with E-state index in [1.807, 2.05) is 29.8 Å². The van der Waals surface area contributed by atoms with Crippen LogP contribution in [0.2, 0.25) is 0 Å². The van der Waals surface area contributed by atoms with Crippen LogP contribution in [0, 0.1) is 13.8 Å². The lowest BCUT2D eigenvalue weighted by Gasteiger charge is -2.14. The zero-order valence-corrected chi connectivity index (χ0v) is 14.7. The Bertz CT molecular complexity index is 806. The summed E-state index contributed by atoms with van der Waals surface area (Å²) >= 11 is 0. The van der Waals surface area contributed by atoms with Gasteiger partial charge < -0.3 is 4.42 Å². The Morgan fingerprint density at radius 2 is 1.75 bits per heavy atom. The van der Waals surface area contributed by atoms with E-state index in [1.165, 1.54) is 5.56 Å². The summed E-state index contributed by atoms with van der Waals surface area (Å²) < 4.78 is 7.59. The van der Waals surface area contributed by atoms with Gasteiger partial charge in [0, 0.05) is 24.2 Å². The van der Waals surface area contributed by atoms with Crippen LogP contribution >= 0.6 is 0 Å². The van der Waals surface area contributed by atoms with Gasteiger partial charge >= 0.3 is 0 Å². The number of para-hydroxylation sites is 1. The summed E-state index contributed by atoms with van der Waals surface area (Å²) in [4.78, 5) is 2.17. The van der Waals surface area contributed by atoms with E-state index in [-0.39, 0.29) is 0 Å². The normalized spacial score (nSPS) is 11.4. The van der Waals surface area contributed by atoms with E-state index in [0.29, 0.717) is 18.3 Å². The fraction of sp³-hybridized carbons (Fsp3) is 0.389. The summed E-state index contributed by atoms with van der Waals surface area (Å²) in [7, 11) is 2.05. The van der Waals surface area contributed by atoms with Crippen molar-refractivity contribution in [2.75, 3.05) is 7.05 Å². The molecule has 2 heterocycles. The Balaban J connectivity index is 1.76. The van der Waals surface area contributed by atoms with Gasteiger partial charge in [-0.3, -0.25) is 4.90 Å². The highest BCUT2D eigenvalue weighted by atomic mass is 16.4. The minimum absolute atomic E-state index is 0.627. The van der Waals surface area contributed by atoms with E-state index in [9.17, 15) is 0 Å². The third-order valence-electron chi connectivity index (χ3n) is 4.09. The van der Waals surface area contributed by atoms with Gasteiger partial charge in [0.2, 0.25) is 11.8 Å². The molecule has 6 heteroatoms. The molecular weight excluding hydrogens is 302 g/mol. The lowest BCUT2D eigenvalue weighted by molar-refractivity contribution is 0.276. The maximum atomic E-state index is 5.59. The average Bonchev–Trinajstić information content (AvgIpc) is 3.15. The van der Waals surface area contributed by atoms with Gasteiger partial charge in [0.1, 0.15) is 0 Å². The summed E-state index contributed by atoms with van der Waals surface area (Å²) in [5.74, 6) is 1.34. The minimum Gasteiger partial charge on any atom is -0.424 e. The van der Waals surface area contributed by atoms with Crippen molar-refractivity contribution in [2.24, 2.45) is 0 Å². The third kappa shape index (κ3) is 3.38. The summed E-state index contributed by atoms with van der Waals surface area (Å²) in [6.45, 7) is 7.58. The van der Waals surface area contributed by atoms with Crippen LogP contribution in [-0.4, -0.2) is 31.9 Å². The second-order valence-corrected chi connectivity index (χ2v) is 6.01. The maximum absolute atomic E-state index is 5.59. The molecule has 0 bridgehead atoms. The van der Waals surface area contributed by atoms with E-state index >= 15 is 0 Å². The highest BCUT2D eigenvalue weighted by Crippen LogP contribution is 2.19. The number of rotatable bonds is 6. The van der Waals surface area contributed by atoms with Crippen molar-refractivity contribution in [3.05, 3.63) is 59.1 Å². The molecule has 6 nitrogen and oxygen atoms in total. The molecule has 126 valence electrons. The molecule has 0 saturated carbocycles. The maximum Gasteiger partial charge on any atom is 0.230 e. The SMILES string of the molecule is CCc1nnc(CN(C)Cc2c(C)nn(-c3ccccc3)c2C)o1. The summed E-state index contributed by atoms with van der Waals surface area (Å²) in [6.07, 6.45) is 0.763. The number of hydrogen-bond acceptors (Lipinski definition) is 5. The Morgan fingerprint density at radius 1 is 1.04 bits per heavy atom. The average molecular weight is 325 g/mol. The van der Waals surface area contributed by atoms with E-state index in [4.69, 9.17) is 9.52 Å². The summed E-state index contributed by atoms with van der Waals surface area (Å²) in [5, 5.41) is 12.8. The second kappa shape index (κ2) is 6.97. The lowest BCUT2D eigenvalue weighted by atomic mass is 10.2. The van der Waals surface area contributed by atoms with Crippen molar-refractivity contribution in [2.45, 2.75) is 40.3 Å². The number of nitrogens with zero attached hydrogens (tertiary/aromatic N) is 5. The van der Waals surface area contributed by atoms with Gasteiger partial charge in [-0.05, 0) is 33.0 Å². The van der Waals surface area contributed by atoms with E-state index in [2.05, 4.69) is 48.1 Å². The van der Waals surface area contributed by atoms with Gasteiger partial charge in [-0.1, -0.05) is 25.1 Å². The molecular formula is C18H23N5O. The first-order valence-corrected chi connectivity index (χ1v) is 8.18. The van der Waals surface area contributed by atoms with Crippen LogP contribution in [0.1, 0.15) is 35.7 Å². The highest BCUT2D eigenvalue weighted by Gasteiger charge is 2.16. The number of hydrogen-bond donors (Lipinski definition) is 0. The monoisotopic (exact) mass is 325 g/mol. The fourth-order valence-electron chi connectivity index (χ4n) is 2.78. The first-order chi connectivity index (χ1) is 11.6. The van der Waals surface area contributed by atoms with Crippen LogP contribution in [0.25, 0.3) is 5.69 Å². The Hall–Kier alpha value is -2.47. The summed E-state index contributed by atoms with van der Waals surface area (Å²) in [6, 6.07) is 10.2. The van der Waals surface area contributed by atoms with Gasteiger partial charge in [-0.15, -0.1) is 10.2 Å². The number of aromatic nitrogens is 4. The predicted octanol–water partition coefficient (Wildman–Crippen LogP) is 3.07. The molecule has 24 heavy (non-hydrogen) atoms.